The lowest BCUT2D eigenvalue weighted by Gasteiger charge is -2.15. The van der Waals surface area contributed by atoms with Crippen LogP contribution in [0.2, 0.25) is 0 Å². The van der Waals surface area contributed by atoms with Gasteiger partial charge in [0, 0.05) is 30.7 Å². The van der Waals surface area contributed by atoms with E-state index >= 15 is 0 Å². The molecule has 0 aliphatic heterocycles. The predicted octanol–water partition coefficient (Wildman–Crippen LogP) is 3.23. The number of methoxy groups -OCH3 is 1. The average molecular weight is 348 g/mol. The number of nitrogens with one attached hydrogen (secondary N) is 1. The van der Waals surface area contributed by atoms with Crippen LogP contribution in [0.4, 0.5) is 5.69 Å². The number of pyridine rings is 1. The molecule has 0 aliphatic rings. The minimum absolute atomic E-state index is 0.246. The zero-order valence-corrected chi connectivity index (χ0v) is 15.2. The van der Waals surface area contributed by atoms with Gasteiger partial charge in [-0.1, -0.05) is 12.1 Å². The third kappa shape index (κ3) is 2.42. The van der Waals surface area contributed by atoms with Crippen LogP contribution in [0.3, 0.4) is 0 Å². The number of benzene rings is 2. The predicted molar refractivity (Wildman–Crippen MR) is 104 cm³/mol. The number of nitrogens with zero attached hydrogens (tertiary/aromatic N) is 3. The van der Waals surface area contributed by atoms with Gasteiger partial charge in [0.05, 0.1) is 12.6 Å². The highest BCUT2D eigenvalue weighted by atomic mass is 16.5. The summed E-state index contributed by atoms with van der Waals surface area (Å²) in [4.78, 5) is 14.3. The summed E-state index contributed by atoms with van der Waals surface area (Å²) in [6.07, 6.45) is 0. The normalized spacial score (nSPS) is 11.2. The third-order valence-corrected chi connectivity index (χ3v) is 4.72. The fourth-order valence-corrected chi connectivity index (χ4v) is 3.31. The molecule has 2 aromatic heterocycles. The number of ether oxygens (including phenoxy) is 1. The summed E-state index contributed by atoms with van der Waals surface area (Å²) in [6, 6.07) is 14.1. The molecule has 0 spiro atoms. The van der Waals surface area contributed by atoms with E-state index in [1.165, 1.54) is 0 Å². The smallest absolute Gasteiger partial charge is 0.348 e. The SMILES string of the molecule is COc1cc2c(C)cc3n[nH]c(=O)n3c2cc1-c1ccc(N(C)C)cc1. The Morgan fingerprint density at radius 1 is 1.12 bits per heavy atom. The molecule has 26 heavy (non-hydrogen) atoms. The molecule has 6 heteroatoms. The molecular weight excluding hydrogens is 328 g/mol. The number of hydrogen-bond acceptors (Lipinski definition) is 4. The molecule has 0 fully saturated rings. The van der Waals surface area contributed by atoms with Gasteiger partial charge >= 0.3 is 5.69 Å². The largest absolute Gasteiger partial charge is 0.496 e. The van der Waals surface area contributed by atoms with Gasteiger partial charge in [-0.3, -0.25) is 0 Å². The average Bonchev–Trinajstić information content (AvgIpc) is 3.01. The third-order valence-electron chi connectivity index (χ3n) is 4.72. The Hall–Kier alpha value is -3.28. The molecule has 132 valence electrons. The lowest BCUT2D eigenvalue weighted by molar-refractivity contribution is 0.417. The van der Waals surface area contributed by atoms with E-state index in [1.807, 2.05) is 39.2 Å². The van der Waals surface area contributed by atoms with E-state index < -0.39 is 0 Å². The molecule has 0 amide bonds. The number of rotatable bonds is 3. The Balaban J connectivity index is 2.03. The minimum Gasteiger partial charge on any atom is -0.496 e. The molecule has 0 saturated carbocycles. The number of aromatic amines is 1. The molecule has 1 N–H and O–H groups in total. The van der Waals surface area contributed by atoms with Crippen LogP contribution in [0, 0.1) is 6.92 Å². The van der Waals surface area contributed by atoms with Crippen LogP contribution in [0.15, 0.2) is 47.3 Å². The highest BCUT2D eigenvalue weighted by Gasteiger charge is 2.14. The molecule has 0 unspecified atom stereocenters. The molecule has 0 saturated heterocycles. The lowest BCUT2D eigenvalue weighted by atomic mass is 10.00. The second-order valence-corrected chi connectivity index (χ2v) is 6.56. The van der Waals surface area contributed by atoms with E-state index in [9.17, 15) is 4.79 Å². The van der Waals surface area contributed by atoms with E-state index in [0.717, 1.165) is 39.0 Å². The summed E-state index contributed by atoms with van der Waals surface area (Å²) in [7, 11) is 5.68. The van der Waals surface area contributed by atoms with Crippen LogP contribution >= 0.6 is 0 Å². The van der Waals surface area contributed by atoms with E-state index in [1.54, 1.807) is 11.5 Å². The van der Waals surface area contributed by atoms with Gasteiger partial charge in [-0.05, 0) is 48.4 Å². The maximum atomic E-state index is 12.2. The van der Waals surface area contributed by atoms with Crippen molar-refractivity contribution in [3.63, 3.8) is 0 Å². The van der Waals surface area contributed by atoms with Crippen molar-refractivity contribution in [3.8, 4) is 16.9 Å². The molecule has 4 aromatic rings. The second-order valence-electron chi connectivity index (χ2n) is 6.56. The van der Waals surface area contributed by atoms with Gasteiger partial charge in [-0.15, -0.1) is 0 Å². The topological polar surface area (TPSA) is 62.6 Å². The van der Waals surface area contributed by atoms with Crippen molar-refractivity contribution in [1.82, 2.24) is 14.6 Å². The first-order valence-corrected chi connectivity index (χ1v) is 8.36. The summed E-state index contributed by atoms with van der Waals surface area (Å²) in [5, 5.41) is 7.58. The number of H-pyrrole nitrogens is 1. The van der Waals surface area contributed by atoms with Gasteiger partial charge in [0.25, 0.3) is 0 Å². The van der Waals surface area contributed by atoms with Crippen molar-refractivity contribution in [2.75, 3.05) is 26.1 Å². The van der Waals surface area contributed by atoms with Crippen LogP contribution < -0.4 is 15.3 Å². The van der Waals surface area contributed by atoms with Gasteiger partial charge < -0.3 is 9.64 Å². The van der Waals surface area contributed by atoms with Crippen LogP contribution in [-0.2, 0) is 0 Å². The Morgan fingerprint density at radius 2 is 1.85 bits per heavy atom. The van der Waals surface area contributed by atoms with Gasteiger partial charge in [-0.2, -0.15) is 5.10 Å². The monoisotopic (exact) mass is 348 g/mol. The van der Waals surface area contributed by atoms with Crippen molar-refractivity contribution in [1.29, 1.82) is 0 Å². The van der Waals surface area contributed by atoms with Crippen molar-refractivity contribution in [2.45, 2.75) is 6.92 Å². The first-order chi connectivity index (χ1) is 12.5. The first kappa shape index (κ1) is 16.2. The fourth-order valence-electron chi connectivity index (χ4n) is 3.31. The van der Waals surface area contributed by atoms with Crippen molar-refractivity contribution in [3.05, 3.63) is 58.5 Å². The summed E-state index contributed by atoms with van der Waals surface area (Å²) in [5.41, 5.74) is 5.30. The van der Waals surface area contributed by atoms with E-state index in [4.69, 9.17) is 4.74 Å². The molecule has 2 heterocycles. The molecule has 6 nitrogen and oxygen atoms in total. The highest BCUT2D eigenvalue weighted by Crippen LogP contribution is 2.36. The number of fused-ring (bicyclic) bond motifs is 3. The maximum Gasteiger partial charge on any atom is 0.348 e. The molecule has 0 bridgehead atoms. The van der Waals surface area contributed by atoms with Crippen LogP contribution in [0.1, 0.15) is 5.56 Å². The van der Waals surface area contributed by atoms with Crippen molar-refractivity contribution >= 4 is 22.2 Å². The molecule has 2 aromatic carbocycles. The van der Waals surface area contributed by atoms with E-state index in [-0.39, 0.29) is 5.69 Å². The molecule has 0 aliphatic carbocycles. The van der Waals surface area contributed by atoms with Crippen molar-refractivity contribution < 1.29 is 4.74 Å². The number of anilines is 1. The summed E-state index contributed by atoms with van der Waals surface area (Å²) in [5.74, 6) is 0.772. The quantitative estimate of drug-likeness (QED) is 0.617. The second kappa shape index (κ2) is 5.91. The van der Waals surface area contributed by atoms with Crippen LogP contribution in [0.5, 0.6) is 5.75 Å². The zero-order chi connectivity index (χ0) is 18.4. The molecule has 0 radical (unpaired) electrons. The van der Waals surface area contributed by atoms with Gasteiger partial charge in [0.2, 0.25) is 0 Å². The van der Waals surface area contributed by atoms with Gasteiger partial charge in [0.1, 0.15) is 5.75 Å². The van der Waals surface area contributed by atoms with E-state index in [0.29, 0.717) is 5.65 Å². The van der Waals surface area contributed by atoms with Gasteiger partial charge in [0.15, 0.2) is 5.65 Å². The Morgan fingerprint density at radius 3 is 2.50 bits per heavy atom. The highest BCUT2D eigenvalue weighted by molar-refractivity contribution is 5.92. The first-order valence-electron chi connectivity index (χ1n) is 8.36. The Kier molecular flexibility index (Phi) is 3.68. The Bertz CT molecular complexity index is 1170. The number of hydrogen-bond donors (Lipinski definition) is 1. The number of aryl methyl sites for hydroxylation is 1. The van der Waals surface area contributed by atoms with Crippen LogP contribution in [-0.4, -0.2) is 35.8 Å². The number of aromatic nitrogens is 3. The van der Waals surface area contributed by atoms with Gasteiger partial charge in [-0.25, -0.2) is 14.3 Å². The lowest BCUT2D eigenvalue weighted by Crippen LogP contribution is -2.10. The molecule has 0 atom stereocenters. The summed E-state index contributed by atoms with van der Waals surface area (Å²) < 4.78 is 7.24. The minimum atomic E-state index is -0.246. The summed E-state index contributed by atoms with van der Waals surface area (Å²) >= 11 is 0. The fraction of sp³-hybridized carbons (Fsp3) is 0.200. The Labute approximate surface area is 150 Å². The summed E-state index contributed by atoms with van der Waals surface area (Å²) in [6.45, 7) is 2.01. The zero-order valence-electron chi connectivity index (χ0n) is 15.2. The maximum absolute atomic E-state index is 12.2. The standard InChI is InChI=1S/C20H20N4O2/c1-12-9-19-21-22-20(25)24(19)17-10-16(18(26-4)11-15(12)17)13-5-7-14(8-6-13)23(2)3/h5-11H,1-4H3,(H,22,25). The van der Waals surface area contributed by atoms with Crippen LogP contribution in [0.25, 0.3) is 27.7 Å². The molecule has 4 rings (SSSR count). The molecular formula is C20H20N4O2. The van der Waals surface area contributed by atoms with E-state index in [2.05, 4.69) is 39.4 Å². The van der Waals surface area contributed by atoms with Crippen molar-refractivity contribution in [2.24, 2.45) is 0 Å².